The summed E-state index contributed by atoms with van der Waals surface area (Å²) in [5.74, 6) is -1.06. The number of ketones is 1. The van der Waals surface area contributed by atoms with E-state index in [1.54, 1.807) is 18.2 Å². The number of Topliss-reactive ketones (excluding diaryl/α,β-unsaturated/α-hetero) is 1. The highest BCUT2D eigenvalue weighted by Gasteiger charge is 2.47. The number of amides is 1. The molecule has 35 heavy (non-hydrogen) atoms. The zero-order valence-corrected chi connectivity index (χ0v) is 20.2. The van der Waals surface area contributed by atoms with E-state index in [9.17, 15) is 24.8 Å². The number of carbonyl (C=O) groups excluding carboxylic acids is 2. The van der Waals surface area contributed by atoms with Crippen molar-refractivity contribution in [3.63, 3.8) is 0 Å². The van der Waals surface area contributed by atoms with Gasteiger partial charge in [0.05, 0.1) is 30.8 Å². The van der Waals surface area contributed by atoms with Crippen LogP contribution in [-0.2, 0) is 9.59 Å². The number of carbonyl (C=O) groups is 2. The lowest BCUT2D eigenvalue weighted by molar-refractivity contribution is -0.384. The van der Waals surface area contributed by atoms with Gasteiger partial charge in [-0.1, -0.05) is 13.8 Å². The molecule has 0 aromatic heterocycles. The minimum absolute atomic E-state index is 0.105. The van der Waals surface area contributed by atoms with Crippen molar-refractivity contribution in [3.8, 4) is 11.5 Å². The maximum absolute atomic E-state index is 13.2. The SMILES string of the molecule is CCN(CC)CCN1C(=O)C(=O)C(=C(O)c2ccc([N+](=O)[O-])cc2)[C@@H]1c1ccc(OC)cc1OC. The second kappa shape index (κ2) is 11.0. The monoisotopic (exact) mass is 483 g/mol. The number of rotatable bonds is 10. The molecule has 1 N–H and O–H groups in total. The molecule has 1 amide bonds. The van der Waals surface area contributed by atoms with Crippen LogP contribution in [0.25, 0.3) is 5.76 Å². The van der Waals surface area contributed by atoms with E-state index in [0.717, 1.165) is 13.1 Å². The van der Waals surface area contributed by atoms with Crippen molar-refractivity contribution in [2.45, 2.75) is 19.9 Å². The van der Waals surface area contributed by atoms with Crippen LogP contribution in [0.3, 0.4) is 0 Å². The van der Waals surface area contributed by atoms with Gasteiger partial charge in [-0.2, -0.15) is 0 Å². The summed E-state index contributed by atoms with van der Waals surface area (Å²) in [7, 11) is 2.98. The zero-order valence-electron chi connectivity index (χ0n) is 20.2. The van der Waals surface area contributed by atoms with Gasteiger partial charge >= 0.3 is 0 Å². The number of nitro groups is 1. The van der Waals surface area contributed by atoms with Gasteiger partial charge in [0.2, 0.25) is 0 Å². The number of hydrogen-bond acceptors (Lipinski definition) is 8. The number of likely N-dealkylation sites (tertiary alicyclic amines) is 1. The lowest BCUT2D eigenvalue weighted by atomic mass is 9.94. The number of nitro benzene ring substituents is 1. The summed E-state index contributed by atoms with van der Waals surface area (Å²) in [4.78, 5) is 40.4. The Morgan fingerprint density at radius 3 is 2.29 bits per heavy atom. The second-order valence-corrected chi connectivity index (χ2v) is 7.93. The smallest absolute Gasteiger partial charge is 0.295 e. The third kappa shape index (κ3) is 5.12. The third-order valence-electron chi connectivity index (χ3n) is 6.18. The van der Waals surface area contributed by atoms with Gasteiger partial charge in [-0.25, -0.2) is 0 Å². The molecule has 0 spiro atoms. The molecule has 0 unspecified atom stereocenters. The van der Waals surface area contributed by atoms with Crippen LogP contribution in [0, 0.1) is 10.1 Å². The summed E-state index contributed by atoms with van der Waals surface area (Å²) in [5, 5.41) is 22.2. The van der Waals surface area contributed by atoms with Crippen LogP contribution in [0.4, 0.5) is 5.69 Å². The van der Waals surface area contributed by atoms with Crippen molar-refractivity contribution in [1.82, 2.24) is 9.80 Å². The van der Waals surface area contributed by atoms with Crippen molar-refractivity contribution in [2.24, 2.45) is 0 Å². The molecule has 10 nitrogen and oxygen atoms in total. The van der Waals surface area contributed by atoms with E-state index in [4.69, 9.17) is 9.47 Å². The fourth-order valence-electron chi connectivity index (χ4n) is 4.16. The fraction of sp³-hybridized carbons (Fsp3) is 0.360. The summed E-state index contributed by atoms with van der Waals surface area (Å²) in [6.45, 7) is 6.36. The molecule has 0 aliphatic carbocycles. The topological polar surface area (TPSA) is 122 Å². The average molecular weight is 484 g/mol. The largest absolute Gasteiger partial charge is 0.507 e. The van der Waals surface area contributed by atoms with Gasteiger partial charge in [-0.3, -0.25) is 19.7 Å². The molecule has 3 rings (SSSR count). The van der Waals surface area contributed by atoms with E-state index < -0.39 is 28.4 Å². The second-order valence-electron chi connectivity index (χ2n) is 7.93. The normalized spacial score (nSPS) is 17.2. The number of ether oxygens (including phenoxy) is 2. The molecule has 1 heterocycles. The molecule has 186 valence electrons. The number of nitrogens with zero attached hydrogens (tertiary/aromatic N) is 3. The Balaban J connectivity index is 2.17. The number of likely N-dealkylation sites (N-methyl/N-ethyl adjacent to an activating group) is 1. The van der Waals surface area contributed by atoms with E-state index >= 15 is 0 Å². The van der Waals surface area contributed by atoms with Gasteiger partial charge in [-0.05, 0) is 37.4 Å². The number of hydrogen-bond donors (Lipinski definition) is 1. The summed E-state index contributed by atoms with van der Waals surface area (Å²) in [6.07, 6.45) is 0. The molecular weight excluding hydrogens is 454 g/mol. The highest BCUT2D eigenvalue weighted by atomic mass is 16.6. The standard InChI is InChI=1S/C25H29N3O7/c1-5-26(6-2)13-14-27-22(19-12-11-18(34-3)15-20(19)35-4)21(24(30)25(27)31)23(29)16-7-9-17(10-8-16)28(32)33/h7-12,15,22,29H,5-6,13-14H2,1-4H3/t22-/m0/s1. The number of methoxy groups -OCH3 is 2. The van der Waals surface area contributed by atoms with Gasteiger partial charge in [0.1, 0.15) is 17.3 Å². The summed E-state index contributed by atoms with van der Waals surface area (Å²) < 4.78 is 10.8. The van der Waals surface area contributed by atoms with Crippen LogP contribution in [0.5, 0.6) is 11.5 Å². The number of non-ortho nitro benzene ring substituents is 1. The quantitative estimate of drug-likeness (QED) is 0.179. The molecule has 10 heteroatoms. The predicted molar refractivity (Wildman–Crippen MR) is 129 cm³/mol. The van der Waals surface area contributed by atoms with Crippen LogP contribution in [-0.4, -0.2) is 71.9 Å². The Hall–Kier alpha value is -3.92. The van der Waals surface area contributed by atoms with E-state index in [-0.39, 0.29) is 23.4 Å². The van der Waals surface area contributed by atoms with Gasteiger partial charge in [0, 0.05) is 42.4 Å². The Labute approximate surface area is 203 Å². The molecule has 2 aromatic carbocycles. The minimum Gasteiger partial charge on any atom is -0.507 e. The summed E-state index contributed by atoms with van der Waals surface area (Å²) in [5.41, 5.74) is 0.437. The zero-order chi connectivity index (χ0) is 25.7. The molecule has 1 saturated heterocycles. The fourth-order valence-corrected chi connectivity index (χ4v) is 4.16. The Morgan fingerprint density at radius 2 is 1.74 bits per heavy atom. The summed E-state index contributed by atoms with van der Waals surface area (Å²) >= 11 is 0. The Kier molecular flexibility index (Phi) is 8.08. The van der Waals surface area contributed by atoms with Crippen LogP contribution in [0.1, 0.15) is 31.0 Å². The molecule has 2 aromatic rings. The van der Waals surface area contributed by atoms with Crippen molar-refractivity contribution >= 4 is 23.1 Å². The lowest BCUT2D eigenvalue weighted by Crippen LogP contribution is -2.38. The predicted octanol–water partition coefficient (Wildman–Crippen LogP) is 3.38. The molecule has 0 bridgehead atoms. The van der Waals surface area contributed by atoms with Crippen molar-refractivity contribution in [3.05, 3.63) is 69.3 Å². The van der Waals surface area contributed by atoms with E-state index in [1.807, 2.05) is 13.8 Å². The molecule has 0 saturated carbocycles. The lowest BCUT2D eigenvalue weighted by Gasteiger charge is -2.29. The highest BCUT2D eigenvalue weighted by Crippen LogP contribution is 2.43. The first-order valence-electron chi connectivity index (χ1n) is 11.2. The van der Waals surface area contributed by atoms with E-state index in [1.165, 1.54) is 43.4 Å². The molecule has 1 fully saturated rings. The van der Waals surface area contributed by atoms with Crippen LogP contribution in [0.15, 0.2) is 48.0 Å². The van der Waals surface area contributed by atoms with Crippen molar-refractivity contribution in [1.29, 1.82) is 0 Å². The Morgan fingerprint density at radius 1 is 1.09 bits per heavy atom. The van der Waals surface area contributed by atoms with E-state index in [0.29, 0.717) is 23.6 Å². The van der Waals surface area contributed by atoms with E-state index in [2.05, 4.69) is 4.90 Å². The molecule has 1 aliphatic heterocycles. The minimum atomic E-state index is -0.915. The van der Waals surface area contributed by atoms with Gasteiger partial charge in [-0.15, -0.1) is 0 Å². The Bertz CT molecular complexity index is 1140. The first kappa shape index (κ1) is 25.7. The first-order valence-corrected chi connectivity index (χ1v) is 11.2. The summed E-state index contributed by atoms with van der Waals surface area (Å²) in [6, 6.07) is 9.27. The first-order chi connectivity index (χ1) is 16.8. The van der Waals surface area contributed by atoms with Crippen LogP contribution in [0.2, 0.25) is 0 Å². The molecule has 0 radical (unpaired) electrons. The average Bonchev–Trinajstić information content (AvgIpc) is 3.13. The maximum Gasteiger partial charge on any atom is 0.295 e. The van der Waals surface area contributed by atoms with Crippen molar-refractivity contribution in [2.75, 3.05) is 40.4 Å². The number of benzene rings is 2. The van der Waals surface area contributed by atoms with Gasteiger partial charge in [0.15, 0.2) is 0 Å². The number of aliphatic hydroxyl groups excluding tert-OH is 1. The maximum atomic E-state index is 13.2. The molecule has 1 atom stereocenters. The van der Waals surface area contributed by atoms with Gasteiger partial charge < -0.3 is 24.4 Å². The van der Waals surface area contributed by atoms with Crippen molar-refractivity contribution < 1.29 is 29.1 Å². The van der Waals surface area contributed by atoms with Gasteiger partial charge in [0.25, 0.3) is 17.4 Å². The molecular formula is C25H29N3O7. The van der Waals surface area contributed by atoms with Crippen LogP contribution >= 0.6 is 0 Å². The highest BCUT2D eigenvalue weighted by molar-refractivity contribution is 6.46. The van der Waals surface area contributed by atoms with Crippen LogP contribution < -0.4 is 9.47 Å². The third-order valence-corrected chi connectivity index (χ3v) is 6.18. The molecule has 1 aliphatic rings. The number of aliphatic hydroxyl groups is 1.